The monoisotopic (exact) mass is 390 g/mol. The lowest BCUT2D eigenvalue weighted by molar-refractivity contribution is -0.128. The predicted octanol–water partition coefficient (Wildman–Crippen LogP) is 2.96. The Morgan fingerprint density at radius 3 is 2.79 bits per heavy atom. The molecule has 0 saturated heterocycles. The first kappa shape index (κ1) is 16.8. The maximum absolute atomic E-state index is 12.4. The van der Waals surface area contributed by atoms with Gasteiger partial charge in [-0.3, -0.25) is 9.59 Å². The first-order valence-corrected chi connectivity index (χ1v) is 8.91. The maximum atomic E-state index is 12.4. The Balaban J connectivity index is 1.82. The van der Waals surface area contributed by atoms with E-state index in [1.165, 1.54) is 0 Å². The molecule has 1 saturated carbocycles. The number of carbonyl (C=O) groups is 1. The van der Waals surface area contributed by atoms with Gasteiger partial charge in [0, 0.05) is 16.0 Å². The Labute approximate surface area is 148 Å². The SMILES string of the molecule is CCC(NC(=O)C1CCC1)c1nnc(-c2cccc(Br)c2)[nH]c1=O. The molecule has 1 aromatic carbocycles. The zero-order valence-corrected chi connectivity index (χ0v) is 15.0. The molecule has 126 valence electrons. The number of benzene rings is 1. The van der Waals surface area contributed by atoms with Crippen molar-refractivity contribution in [3.8, 4) is 11.4 Å². The number of rotatable bonds is 5. The summed E-state index contributed by atoms with van der Waals surface area (Å²) in [6, 6.07) is 7.05. The molecule has 1 aliphatic carbocycles. The second kappa shape index (κ2) is 7.25. The highest BCUT2D eigenvalue weighted by Crippen LogP contribution is 2.27. The van der Waals surface area contributed by atoms with Crippen molar-refractivity contribution in [2.75, 3.05) is 0 Å². The van der Waals surface area contributed by atoms with Crippen molar-refractivity contribution in [3.05, 3.63) is 44.8 Å². The van der Waals surface area contributed by atoms with Crippen LogP contribution in [0.4, 0.5) is 0 Å². The van der Waals surface area contributed by atoms with Crippen molar-refractivity contribution in [1.29, 1.82) is 0 Å². The Kier molecular flexibility index (Phi) is 5.08. The molecule has 2 aromatic rings. The zero-order chi connectivity index (χ0) is 17.1. The van der Waals surface area contributed by atoms with Gasteiger partial charge < -0.3 is 10.3 Å². The van der Waals surface area contributed by atoms with E-state index in [0.717, 1.165) is 29.3 Å². The number of aromatic nitrogens is 3. The quantitative estimate of drug-likeness (QED) is 0.821. The van der Waals surface area contributed by atoms with Crippen LogP contribution in [0.5, 0.6) is 0 Å². The molecule has 24 heavy (non-hydrogen) atoms. The van der Waals surface area contributed by atoms with E-state index < -0.39 is 6.04 Å². The molecule has 1 aromatic heterocycles. The minimum absolute atomic E-state index is 0.00497. The number of hydrogen-bond donors (Lipinski definition) is 2. The van der Waals surface area contributed by atoms with Crippen LogP contribution in [0.2, 0.25) is 0 Å². The van der Waals surface area contributed by atoms with Crippen LogP contribution in [0.3, 0.4) is 0 Å². The first-order valence-electron chi connectivity index (χ1n) is 8.11. The van der Waals surface area contributed by atoms with Crippen molar-refractivity contribution >= 4 is 21.8 Å². The van der Waals surface area contributed by atoms with Crippen LogP contribution in [0, 0.1) is 5.92 Å². The van der Waals surface area contributed by atoms with Gasteiger partial charge in [0.25, 0.3) is 5.56 Å². The standard InChI is InChI=1S/C17H19BrN4O2/c1-2-13(19-16(23)10-5-3-6-10)14-17(24)20-15(22-21-14)11-7-4-8-12(18)9-11/h4,7-10,13H,2-3,5-6H2,1H3,(H,19,23)(H,20,22,24). The molecule has 1 atom stereocenters. The molecule has 1 amide bonds. The van der Waals surface area contributed by atoms with E-state index in [1.54, 1.807) is 0 Å². The van der Waals surface area contributed by atoms with E-state index in [4.69, 9.17) is 0 Å². The molecule has 1 aliphatic rings. The highest BCUT2D eigenvalue weighted by molar-refractivity contribution is 9.10. The van der Waals surface area contributed by atoms with E-state index in [0.29, 0.717) is 12.2 Å². The second-order valence-corrected chi connectivity index (χ2v) is 6.91. The maximum Gasteiger partial charge on any atom is 0.275 e. The lowest BCUT2D eigenvalue weighted by Crippen LogP contribution is -2.39. The summed E-state index contributed by atoms with van der Waals surface area (Å²) in [4.78, 5) is 27.3. The van der Waals surface area contributed by atoms with Crippen molar-refractivity contribution in [2.24, 2.45) is 5.92 Å². The molecule has 3 rings (SSSR count). The Morgan fingerprint density at radius 2 is 2.21 bits per heavy atom. The van der Waals surface area contributed by atoms with Gasteiger partial charge in [-0.2, -0.15) is 0 Å². The highest BCUT2D eigenvalue weighted by Gasteiger charge is 2.28. The number of nitrogens with zero attached hydrogens (tertiary/aromatic N) is 2. The van der Waals surface area contributed by atoms with Gasteiger partial charge in [0.15, 0.2) is 11.5 Å². The third-order valence-corrected chi connectivity index (χ3v) is 4.84. The van der Waals surface area contributed by atoms with E-state index in [-0.39, 0.29) is 23.1 Å². The van der Waals surface area contributed by atoms with E-state index in [2.05, 4.69) is 36.4 Å². The number of amides is 1. The van der Waals surface area contributed by atoms with Crippen LogP contribution in [0.15, 0.2) is 33.5 Å². The van der Waals surface area contributed by atoms with E-state index in [1.807, 2.05) is 31.2 Å². The molecule has 2 N–H and O–H groups in total. The number of aromatic amines is 1. The number of H-pyrrole nitrogens is 1. The van der Waals surface area contributed by atoms with Gasteiger partial charge in [0.2, 0.25) is 5.91 Å². The predicted molar refractivity (Wildman–Crippen MR) is 94.3 cm³/mol. The molecule has 0 spiro atoms. The van der Waals surface area contributed by atoms with Crippen molar-refractivity contribution < 1.29 is 4.79 Å². The van der Waals surface area contributed by atoms with Crippen LogP contribution in [-0.4, -0.2) is 21.1 Å². The lowest BCUT2D eigenvalue weighted by atomic mass is 9.84. The average molecular weight is 391 g/mol. The number of carbonyl (C=O) groups excluding carboxylic acids is 1. The van der Waals surface area contributed by atoms with Crippen molar-refractivity contribution in [2.45, 2.75) is 38.6 Å². The average Bonchev–Trinajstić information content (AvgIpc) is 2.51. The first-order chi connectivity index (χ1) is 11.6. The Morgan fingerprint density at radius 1 is 1.42 bits per heavy atom. The van der Waals surface area contributed by atoms with Gasteiger partial charge in [-0.25, -0.2) is 0 Å². The molecule has 1 fully saturated rings. The van der Waals surface area contributed by atoms with Crippen LogP contribution in [-0.2, 0) is 4.79 Å². The van der Waals surface area contributed by atoms with Crippen molar-refractivity contribution in [1.82, 2.24) is 20.5 Å². The topological polar surface area (TPSA) is 87.7 Å². The fraction of sp³-hybridized carbons (Fsp3) is 0.412. The minimum Gasteiger partial charge on any atom is -0.347 e. The largest absolute Gasteiger partial charge is 0.347 e. The van der Waals surface area contributed by atoms with Crippen LogP contribution >= 0.6 is 15.9 Å². The molecule has 7 heteroatoms. The summed E-state index contributed by atoms with van der Waals surface area (Å²) in [5.74, 6) is 0.489. The van der Waals surface area contributed by atoms with Gasteiger partial charge in [-0.1, -0.05) is 41.4 Å². The van der Waals surface area contributed by atoms with Crippen LogP contribution < -0.4 is 10.9 Å². The molecule has 0 radical (unpaired) electrons. The summed E-state index contributed by atoms with van der Waals surface area (Å²) in [6.45, 7) is 1.91. The number of nitrogens with one attached hydrogen (secondary N) is 2. The van der Waals surface area contributed by atoms with Crippen molar-refractivity contribution in [3.63, 3.8) is 0 Å². The lowest BCUT2D eigenvalue weighted by Gasteiger charge is -2.26. The van der Waals surface area contributed by atoms with Crippen LogP contribution in [0.1, 0.15) is 44.3 Å². The molecule has 0 bridgehead atoms. The normalized spacial score (nSPS) is 15.6. The summed E-state index contributed by atoms with van der Waals surface area (Å²) < 4.78 is 0.894. The summed E-state index contributed by atoms with van der Waals surface area (Å²) in [7, 11) is 0. The Hall–Kier alpha value is -2.02. The summed E-state index contributed by atoms with van der Waals surface area (Å²) in [6.07, 6.45) is 3.53. The van der Waals surface area contributed by atoms with Gasteiger partial charge in [0.05, 0.1) is 6.04 Å². The third kappa shape index (κ3) is 3.56. The number of hydrogen-bond acceptors (Lipinski definition) is 4. The van der Waals surface area contributed by atoms with Gasteiger partial charge in [-0.15, -0.1) is 10.2 Å². The second-order valence-electron chi connectivity index (χ2n) is 6.00. The number of halogens is 1. The highest BCUT2D eigenvalue weighted by atomic mass is 79.9. The minimum atomic E-state index is -0.411. The zero-order valence-electron chi connectivity index (χ0n) is 13.4. The smallest absolute Gasteiger partial charge is 0.275 e. The van der Waals surface area contributed by atoms with Crippen LogP contribution in [0.25, 0.3) is 11.4 Å². The van der Waals surface area contributed by atoms with Gasteiger partial charge in [0.1, 0.15) is 0 Å². The van der Waals surface area contributed by atoms with Gasteiger partial charge in [-0.05, 0) is 31.4 Å². The molecular formula is C17H19BrN4O2. The van der Waals surface area contributed by atoms with E-state index >= 15 is 0 Å². The van der Waals surface area contributed by atoms with Gasteiger partial charge >= 0.3 is 0 Å². The van der Waals surface area contributed by atoms with E-state index in [9.17, 15) is 9.59 Å². The summed E-state index contributed by atoms with van der Waals surface area (Å²) in [5, 5.41) is 11.1. The fourth-order valence-corrected chi connectivity index (χ4v) is 3.06. The molecular weight excluding hydrogens is 372 g/mol. The molecule has 6 nitrogen and oxygen atoms in total. The molecule has 1 unspecified atom stereocenters. The Bertz CT molecular complexity index is 801. The summed E-state index contributed by atoms with van der Waals surface area (Å²) in [5.41, 5.74) is 0.705. The molecule has 0 aliphatic heterocycles. The third-order valence-electron chi connectivity index (χ3n) is 4.35. The fourth-order valence-electron chi connectivity index (χ4n) is 2.66. The molecule has 1 heterocycles. The summed E-state index contributed by atoms with van der Waals surface area (Å²) >= 11 is 3.39.